The smallest absolute Gasteiger partial charge is 0.421 e. The highest BCUT2D eigenvalue weighted by Crippen LogP contribution is 2.63. The summed E-state index contributed by atoms with van der Waals surface area (Å²) in [6, 6.07) is 24.4. The number of ether oxygens (including phenoxy) is 1. The third kappa shape index (κ3) is 4.46. The molecule has 2 amide bonds. The van der Waals surface area contributed by atoms with Gasteiger partial charge in [0, 0.05) is 17.4 Å². The molecule has 8 nitrogen and oxygen atoms in total. The lowest BCUT2D eigenvalue weighted by atomic mass is 9.71. The van der Waals surface area contributed by atoms with E-state index in [0.29, 0.717) is 11.1 Å². The normalized spacial score (nSPS) is 23.5. The van der Waals surface area contributed by atoms with Crippen LogP contribution in [0, 0.1) is 34.4 Å². The fraction of sp³-hybridized carbons (Fsp3) is 0.250. The molecular weight excluding hydrogens is 523 g/mol. The molecule has 2 aliphatic heterocycles. The van der Waals surface area contributed by atoms with Crippen molar-refractivity contribution in [1.29, 1.82) is 10.5 Å². The number of imide groups is 1. The molecule has 41 heavy (non-hydrogen) atoms. The van der Waals surface area contributed by atoms with Crippen molar-refractivity contribution in [3.8, 4) is 12.1 Å². The van der Waals surface area contributed by atoms with Crippen LogP contribution < -0.4 is 4.90 Å². The van der Waals surface area contributed by atoms with Crippen molar-refractivity contribution >= 4 is 17.7 Å². The minimum atomic E-state index is -2.09. The van der Waals surface area contributed by atoms with Gasteiger partial charge in [-0.15, -0.1) is 0 Å². The number of allylic oxidation sites excluding steroid dienone is 1. The largest absolute Gasteiger partial charge is 0.443 e. The molecule has 2 heterocycles. The Labute approximate surface area is 237 Å². The molecule has 0 unspecified atom stereocenters. The standard InChI is InChI=1S/C32H27FN4O4/c1-31(2,3)41-30(39)36-26-15-14-23(33)17-24(26)32(29(36)38)25(16-20(18-34)19-35)27(21-10-6-4-7-11-21)28(37(32)40)22-12-8-5-9-13-22/h4-17,25,27-28,40H,1-3H3/t25-,27-,28+,32-/m1/s1. The van der Waals surface area contributed by atoms with Gasteiger partial charge in [-0.2, -0.15) is 15.6 Å². The fourth-order valence-electron chi connectivity index (χ4n) is 5.98. The molecule has 206 valence electrons. The van der Waals surface area contributed by atoms with Gasteiger partial charge in [0.05, 0.1) is 11.7 Å². The molecule has 1 spiro atoms. The third-order valence-electron chi connectivity index (χ3n) is 7.46. The minimum Gasteiger partial charge on any atom is -0.443 e. The van der Waals surface area contributed by atoms with Gasteiger partial charge >= 0.3 is 6.09 Å². The van der Waals surface area contributed by atoms with Crippen molar-refractivity contribution in [2.75, 3.05) is 4.90 Å². The molecule has 9 heteroatoms. The summed E-state index contributed by atoms with van der Waals surface area (Å²) in [5.41, 5.74) is -1.94. The summed E-state index contributed by atoms with van der Waals surface area (Å²) >= 11 is 0. The molecular formula is C32H27FN4O4. The van der Waals surface area contributed by atoms with Crippen LogP contribution in [0.1, 0.15) is 49.4 Å². The Bertz CT molecular complexity index is 1610. The van der Waals surface area contributed by atoms with Crippen molar-refractivity contribution in [2.45, 2.75) is 43.9 Å². The van der Waals surface area contributed by atoms with Crippen LogP contribution in [0.4, 0.5) is 14.9 Å². The van der Waals surface area contributed by atoms with E-state index >= 15 is 0 Å². The van der Waals surface area contributed by atoms with Crippen LogP contribution in [0.2, 0.25) is 0 Å². The van der Waals surface area contributed by atoms with Crippen molar-refractivity contribution in [3.05, 3.63) is 113 Å². The van der Waals surface area contributed by atoms with Crippen LogP contribution in [-0.4, -0.2) is 27.9 Å². The van der Waals surface area contributed by atoms with Crippen LogP contribution >= 0.6 is 0 Å². The Hall–Kier alpha value is -4.83. The molecule has 0 radical (unpaired) electrons. The number of nitriles is 2. The lowest BCUT2D eigenvalue weighted by Crippen LogP contribution is -2.53. The zero-order valence-corrected chi connectivity index (χ0v) is 22.7. The second-order valence-electron chi connectivity index (χ2n) is 11.0. The predicted molar refractivity (Wildman–Crippen MR) is 147 cm³/mol. The summed E-state index contributed by atoms with van der Waals surface area (Å²) in [5, 5.41) is 32.6. The molecule has 0 aliphatic carbocycles. The average molecular weight is 551 g/mol. The fourth-order valence-corrected chi connectivity index (χ4v) is 5.98. The van der Waals surface area contributed by atoms with E-state index in [-0.39, 0.29) is 16.8 Å². The highest BCUT2D eigenvalue weighted by atomic mass is 19.1. The summed E-state index contributed by atoms with van der Waals surface area (Å²) in [6.07, 6.45) is 0.346. The molecule has 4 atom stereocenters. The van der Waals surface area contributed by atoms with Crippen LogP contribution in [-0.2, 0) is 15.1 Å². The van der Waals surface area contributed by atoms with E-state index in [2.05, 4.69) is 0 Å². The molecule has 5 rings (SSSR count). The van der Waals surface area contributed by atoms with Crippen molar-refractivity contribution in [2.24, 2.45) is 5.92 Å². The number of fused-ring (bicyclic) bond motifs is 2. The first kappa shape index (κ1) is 27.7. The number of hydrogen-bond acceptors (Lipinski definition) is 7. The molecule has 0 saturated carbocycles. The number of amides is 2. The van der Waals surface area contributed by atoms with Crippen molar-refractivity contribution in [3.63, 3.8) is 0 Å². The Kier molecular flexibility index (Phi) is 6.96. The monoisotopic (exact) mass is 550 g/mol. The number of hydrogen-bond donors (Lipinski definition) is 1. The van der Waals surface area contributed by atoms with Gasteiger partial charge in [0.15, 0.2) is 5.54 Å². The number of halogens is 1. The third-order valence-corrected chi connectivity index (χ3v) is 7.46. The van der Waals surface area contributed by atoms with Crippen molar-refractivity contribution in [1.82, 2.24) is 5.06 Å². The molecule has 1 N–H and O–H groups in total. The second kappa shape index (κ2) is 10.3. The van der Waals surface area contributed by atoms with E-state index < -0.39 is 46.8 Å². The van der Waals surface area contributed by atoms with Crippen LogP contribution in [0.15, 0.2) is 90.5 Å². The zero-order chi connectivity index (χ0) is 29.5. The first-order chi connectivity index (χ1) is 19.5. The number of carbonyl (C=O) groups is 2. The van der Waals surface area contributed by atoms with Crippen molar-refractivity contribution < 1.29 is 23.9 Å². The van der Waals surface area contributed by atoms with Crippen LogP contribution in [0.5, 0.6) is 0 Å². The molecule has 0 aromatic heterocycles. The van der Waals surface area contributed by atoms with E-state index in [4.69, 9.17) is 4.74 Å². The van der Waals surface area contributed by atoms with Crippen LogP contribution in [0.25, 0.3) is 0 Å². The zero-order valence-electron chi connectivity index (χ0n) is 22.7. The lowest BCUT2D eigenvalue weighted by molar-refractivity contribution is -0.189. The first-order valence-corrected chi connectivity index (χ1v) is 13.0. The molecule has 0 bridgehead atoms. The Balaban J connectivity index is 1.86. The van der Waals surface area contributed by atoms with E-state index in [9.17, 15) is 29.7 Å². The predicted octanol–water partition coefficient (Wildman–Crippen LogP) is 6.12. The number of carbonyl (C=O) groups excluding carboxylic acids is 2. The summed E-state index contributed by atoms with van der Waals surface area (Å²) in [6.45, 7) is 4.94. The van der Waals surface area contributed by atoms with Gasteiger partial charge in [-0.25, -0.2) is 14.1 Å². The highest BCUT2D eigenvalue weighted by molar-refractivity contribution is 6.21. The average Bonchev–Trinajstić information content (AvgIpc) is 3.35. The van der Waals surface area contributed by atoms with E-state index in [1.165, 1.54) is 12.1 Å². The summed E-state index contributed by atoms with van der Waals surface area (Å²) in [7, 11) is 0. The maximum atomic E-state index is 14.9. The second-order valence-corrected chi connectivity index (χ2v) is 11.0. The van der Waals surface area contributed by atoms with E-state index in [1.54, 1.807) is 57.2 Å². The van der Waals surface area contributed by atoms with E-state index in [0.717, 1.165) is 22.1 Å². The van der Waals surface area contributed by atoms with Gasteiger partial charge in [-0.3, -0.25) is 4.79 Å². The SMILES string of the molecule is CC(C)(C)OC(=O)N1C(=O)[C@@]2(c3cc(F)ccc31)[C@H](C=C(C#N)C#N)[C@@H](c1ccccc1)[C@H](c1ccccc1)N2O. The molecule has 2 aliphatic rings. The Morgan fingerprint density at radius 1 is 1.00 bits per heavy atom. The number of anilines is 1. The number of benzene rings is 3. The molecule has 3 aromatic carbocycles. The maximum Gasteiger partial charge on any atom is 0.421 e. The highest BCUT2D eigenvalue weighted by Gasteiger charge is 2.69. The summed E-state index contributed by atoms with van der Waals surface area (Å²) in [4.78, 5) is 28.9. The first-order valence-electron chi connectivity index (χ1n) is 13.0. The number of rotatable bonds is 3. The Morgan fingerprint density at radius 3 is 2.15 bits per heavy atom. The van der Waals surface area contributed by atoms with E-state index in [1.807, 2.05) is 36.4 Å². The quantitative estimate of drug-likeness (QED) is 0.390. The molecule has 1 fully saturated rings. The summed E-state index contributed by atoms with van der Waals surface area (Å²) < 4.78 is 20.5. The Morgan fingerprint density at radius 2 is 1.59 bits per heavy atom. The maximum absolute atomic E-state index is 14.9. The van der Waals surface area contributed by atoms with Gasteiger partial charge in [0.1, 0.15) is 29.1 Å². The number of nitrogens with zero attached hydrogens (tertiary/aromatic N) is 4. The molecule has 1 saturated heterocycles. The van der Waals surface area contributed by atoms with Gasteiger partial charge in [-0.1, -0.05) is 60.7 Å². The topological polar surface area (TPSA) is 118 Å². The van der Waals surface area contributed by atoms with Gasteiger partial charge in [0.25, 0.3) is 5.91 Å². The lowest BCUT2D eigenvalue weighted by Gasteiger charge is -2.35. The number of hydroxylamine groups is 2. The van der Waals surface area contributed by atoms with Gasteiger partial charge < -0.3 is 9.94 Å². The molecule has 3 aromatic rings. The van der Waals surface area contributed by atoms with Crippen LogP contribution in [0.3, 0.4) is 0 Å². The minimum absolute atomic E-state index is 0.0201. The van der Waals surface area contributed by atoms with Gasteiger partial charge in [0.2, 0.25) is 0 Å². The summed E-state index contributed by atoms with van der Waals surface area (Å²) in [5.74, 6) is -3.38. The van der Waals surface area contributed by atoms with Gasteiger partial charge in [-0.05, 0) is 56.2 Å².